The Morgan fingerprint density at radius 3 is 2.68 bits per heavy atom. The quantitative estimate of drug-likeness (QED) is 0.393. The van der Waals surface area contributed by atoms with Crippen LogP contribution >= 0.6 is 0 Å². The first kappa shape index (κ1) is 27.1. The predicted molar refractivity (Wildman–Crippen MR) is 144 cm³/mol. The Kier molecular flexibility index (Phi) is 8.51. The van der Waals surface area contributed by atoms with Gasteiger partial charge in [-0.2, -0.15) is 0 Å². The first-order valence-electron chi connectivity index (χ1n) is 12.8. The molecule has 4 rings (SSSR count). The number of benzene rings is 2. The average molecular weight is 529 g/mol. The van der Waals surface area contributed by atoms with Gasteiger partial charge in [0.15, 0.2) is 15.8 Å². The third kappa shape index (κ3) is 7.30. The summed E-state index contributed by atoms with van der Waals surface area (Å²) >= 11 is 0. The number of sulfone groups is 1. The Labute approximate surface area is 218 Å². The van der Waals surface area contributed by atoms with Crippen molar-refractivity contribution in [1.82, 2.24) is 10.6 Å². The first-order valence-corrected chi connectivity index (χ1v) is 14.4. The molecule has 0 radical (unpaired) electrons. The lowest BCUT2D eigenvalue weighted by Gasteiger charge is -2.23. The molecule has 2 aliphatic rings. The summed E-state index contributed by atoms with van der Waals surface area (Å²) in [5, 5.41) is 19.8. The van der Waals surface area contributed by atoms with E-state index in [0.717, 1.165) is 32.5 Å². The van der Waals surface area contributed by atoms with Crippen molar-refractivity contribution in [3.05, 3.63) is 53.6 Å². The Hall–Kier alpha value is -2.95. The molecular formula is C27H36N4O5S. The molecule has 1 saturated heterocycles. The van der Waals surface area contributed by atoms with Crippen molar-refractivity contribution >= 4 is 33.1 Å². The lowest BCUT2D eigenvalue weighted by atomic mass is 9.94. The summed E-state index contributed by atoms with van der Waals surface area (Å²) in [5.74, 6) is 0.735. The molecule has 2 heterocycles. The number of anilines is 2. The molecule has 2 aliphatic heterocycles. The number of nitrogens with one attached hydrogen (secondary N) is 3. The smallest absolute Gasteiger partial charge is 0.257 e. The van der Waals surface area contributed by atoms with E-state index < -0.39 is 15.4 Å². The minimum absolute atomic E-state index is 0.104. The van der Waals surface area contributed by atoms with Crippen molar-refractivity contribution in [3.63, 3.8) is 0 Å². The van der Waals surface area contributed by atoms with E-state index in [4.69, 9.17) is 4.74 Å². The van der Waals surface area contributed by atoms with Gasteiger partial charge in [-0.05, 0) is 81.8 Å². The summed E-state index contributed by atoms with van der Waals surface area (Å²) in [5.41, 5.74) is 0.786. The first-order chi connectivity index (χ1) is 17.6. The fourth-order valence-electron chi connectivity index (χ4n) is 4.60. The molecule has 200 valence electrons. The van der Waals surface area contributed by atoms with Crippen molar-refractivity contribution < 1.29 is 23.1 Å². The third-order valence-corrected chi connectivity index (χ3v) is 8.48. The molecular weight excluding hydrogens is 492 g/mol. The Bertz CT molecular complexity index is 1250. The van der Waals surface area contributed by atoms with Crippen molar-refractivity contribution in [2.24, 2.45) is 10.9 Å². The van der Waals surface area contributed by atoms with E-state index in [9.17, 15) is 18.3 Å². The highest BCUT2D eigenvalue weighted by Gasteiger charge is 2.24. The summed E-state index contributed by atoms with van der Waals surface area (Å²) in [7, 11) is -3.43. The molecule has 9 nitrogen and oxygen atoms in total. The molecule has 0 saturated carbocycles. The summed E-state index contributed by atoms with van der Waals surface area (Å²) in [6.07, 6.45) is 3.50. The van der Waals surface area contributed by atoms with E-state index in [1.807, 2.05) is 0 Å². The molecule has 0 unspecified atom stereocenters. The van der Waals surface area contributed by atoms with Crippen molar-refractivity contribution in [1.29, 1.82) is 0 Å². The Balaban J connectivity index is 1.47. The molecule has 2 aromatic carbocycles. The Morgan fingerprint density at radius 1 is 1.19 bits per heavy atom. The fourth-order valence-corrected chi connectivity index (χ4v) is 5.97. The number of rotatable bonds is 9. The van der Waals surface area contributed by atoms with Gasteiger partial charge in [-0.15, -0.1) is 0 Å². The monoisotopic (exact) mass is 528 g/mol. The highest BCUT2D eigenvalue weighted by Crippen LogP contribution is 2.32. The lowest BCUT2D eigenvalue weighted by molar-refractivity contribution is 0.0638. The fraction of sp³-hybridized carbons (Fsp3) is 0.481. The number of carbonyl (C=O) groups is 1. The van der Waals surface area contributed by atoms with Gasteiger partial charge in [0.05, 0.1) is 22.8 Å². The molecule has 0 atom stereocenters. The minimum Gasteiger partial charge on any atom is -0.386 e. The van der Waals surface area contributed by atoms with Gasteiger partial charge in [-0.25, -0.2) is 8.42 Å². The van der Waals surface area contributed by atoms with Crippen LogP contribution in [0.2, 0.25) is 0 Å². The highest BCUT2D eigenvalue weighted by molar-refractivity contribution is 7.91. The van der Waals surface area contributed by atoms with Crippen LogP contribution in [-0.4, -0.2) is 57.4 Å². The zero-order valence-electron chi connectivity index (χ0n) is 21.4. The van der Waals surface area contributed by atoms with Crippen LogP contribution in [0.4, 0.5) is 11.4 Å². The molecule has 0 bridgehead atoms. The van der Waals surface area contributed by atoms with E-state index >= 15 is 0 Å². The molecule has 37 heavy (non-hydrogen) atoms. The second-order valence-corrected chi connectivity index (χ2v) is 12.2. The number of hydrogen-bond donors (Lipinski definition) is 4. The Morgan fingerprint density at radius 2 is 1.97 bits per heavy atom. The van der Waals surface area contributed by atoms with Gasteiger partial charge in [-0.1, -0.05) is 6.07 Å². The summed E-state index contributed by atoms with van der Waals surface area (Å²) < 4.78 is 31.4. The maximum Gasteiger partial charge on any atom is 0.257 e. The predicted octanol–water partition coefficient (Wildman–Crippen LogP) is 3.33. The average Bonchev–Trinajstić information content (AvgIpc) is 3.37. The maximum atomic E-state index is 13.0. The van der Waals surface area contributed by atoms with Crippen molar-refractivity contribution in [2.75, 3.05) is 37.4 Å². The summed E-state index contributed by atoms with van der Waals surface area (Å²) in [6, 6.07) is 11.7. The lowest BCUT2D eigenvalue weighted by Crippen LogP contribution is -2.38. The van der Waals surface area contributed by atoms with Crippen LogP contribution < -0.4 is 16.0 Å². The van der Waals surface area contributed by atoms with Crippen molar-refractivity contribution in [3.8, 4) is 0 Å². The van der Waals surface area contributed by atoms with E-state index in [2.05, 4.69) is 20.9 Å². The number of nitrogens with zero attached hydrogens (tertiary/aromatic N) is 1. The van der Waals surface area contributed by atoms with Crippen LogP contribution in [0.15, 0.2) is 52.4 Å². The van der Waals surface area contributed by atoms with E-state index in [1.54, 1.807) is 56.3 Å². The largest absolute Gasteiger partial charge is 0.386 e. The van der Waals surface area contributed by atoms with Gasteiger partial charge in [-0.3, -0.25) is 15.1 Å². The van der Waals surface area contributed by atoms with Crippen LogP contribution in [0, 0.1) is 5.92 Å². The topological polar surface area (TPSA) is 129 Å². The zero-order valence-corrected chi connectivity index (χ0v) is 22.2. The van der Waals surface area contributed by atoms with Gasteiger partial charge >= 0.3 is 0 Å². The van der Waals surface area contributed by atoms with Crippen LogP contribution in [0.25, 0.3) is 0 Å². The van der Waals surface area contributed by atoms with Crippen LogP contribution in [0.3, 0.4) is 0 Å². The molecule has 2 aromatic rings. The number of hydrogen-bond acceptors (Lipinski definition) is 8. The van der Waals surface area contributed by atoms with Gasteiger partial charge in [0.25, 0.3) is 5.91 Å². The molecule has 0 aliphatic carbocycles. The van der Waals surface area contributed by atoms with Crippen molar-refractivity contribution in [2.45, 2.75) is 50.0 Å². The standard InChI is InChI=1S/C27H36N4O5S/c1-27(2,33)23-17-20(25(32)31-26-28-12-13-29-26)8-9-24(23)30-21-6-3-7-22(18-21)37(34,35)16-4-5-19-10-14-36-15-11-19/h3,6-9,17-19,30,33H,4-5,10-16H2,1-2H3,(H2,28,29,31,32). The second-order valence-electron chi connectivity index (χ2n) is 10.1. The number of aliphatic hydroxyl groups is 1. The molecule has 4 N–H and O–H groups in total. The van der Waals surface area contributed by atoms with E-state index in [0.29, 0.717) is 53.9 Å². The molecule has 0 spiro atoms. The van der Waals surface area contributed by atoms with E-state index in [1.165, 1.54) is 0 Å². The normalized spacial score (nSPS) is 16.7. The van der Waals surface area contributed by atoms with Crippen LogP contribution in [0.1, 0.15) is 55.5 Å². The summed E-state index contributed by atoms with van der Waals surface area (Å²) in [6.45, 7) is 6.08. The minimum atomic E-state index is -3.43. The zero-order chi connectivity index (χ0) is 26.5. The molecule has 1 amide bonds. The second kappa shape index (κ2) is 11.6. The number of guanidine groups is 1. The molecule has 0 aromatic heterocycles. The van der Waals surface area contributed by atoms with Gasteiger partial charge < -0.3 is 20.5 Å². The number of aliphatic imine (C=N–C) groups is 1. The van der Waals surface area contributed by atoms with Crippen LogP contribution in [0.5, 0.6) is 0 Å². The highest BCUT2D eigenvalue weighted by atomic mass is 32.2. The third-order valence-electron chi connectivity index (χ3n) is 6.69. The van der Waals surface area contributed by atoms with Crippen LogP contribution in [-0.2, 0) is 20.2 Å². The number of carbonyl (C=O) groups excluding carboxylic acids is 1. The number of ether oxygens (including phenoxy) is 1. The maximum absolute atomic E-state index is 13.0. The van der Waals surface area contributed by atoms with Gasteiger partial charge in [0.1, 0.15) is 0 Å². The SMILES string of the molecule is CC(C)(O)c1cc(C(=O)NC2=NCCN2)ccc1Nc1cccc(S(=O)(=O)CCCC2CCOCC2)c1. The molecule has 10 heteroatoms. The van der Waals surface area contributed by atoms with Gasteiger partial charge in [0, 0.05) is 42.3 Å². The van der Waals surface area contributed by atoms with E-state index in [-0.39, 0.29) is 16.6 Å². The van der Waals surface area contributed by atoms with Gasteiger partial charge in [0.2, 0.25) is 0 Å². The summed E-state index contributed by atoms with van der Waals surface area (Å²) in [4.78, 5) is 17.1. The molecule has 1 fully saturated rings. The number of amides is 1.